The lowest BCUT2D eigenvalue weighted by molar-refractivity contribution is 0.414. The third kappa shape index (κ3) is 2.11. The van der Waals surface area contributed by atoms with Gasteiger partial charge in [0.2, 0.25) is 0 Å². The summed E-state index contributed by atoms with van der Waals surface area (Å²) < 4.78 is 20.2. The maximum Gasteiger partial charge on any atom is 0.140 e. The van der Waals surface area contributed by atoms with Gasteiger partial charge in [-0.05, 0) is 49.2 Å². The fraction of sp³-hybridized carbons (Fsp3) is 0.188. The number of hydrogen-bond acceptors (Lipinski definition) is 3. The second kappa shape index (κ2) is 4.77. The first kappa shape index (κ1) is 13.4. The summed E-state index contributed by atoms with van der Waals surface area (Å²) in [5.41, 5.74) is 10.4. The first-order valence-electron chi connectivity index (χ1n) is 6.60. The van der Waals surface area contributed by atoms with E-state index >= 15 is 0 Å². The molecular formula is C16H16FN3O. The van der Waals surface area contributed by atoms with E-state index in [0.29, 0.717) is 17.2 Å². The molecule has 0 fully saturated rings. The lowest BCUT2D eigenvalue weighted by Gasteiger charge is -2.11. The molecule has 0 amide bonds. The van der Waals surface area contributed by atoms with Gasteiger partial charge in [0.15, 0.2) is 0 Å². The van der Waals surface area contributed by atoms with Crippen molar-refractivity contribution in [2.75, 3.05) is 12.8 Å². The van der Waals surface area contributed by atoms with E-state index in [1.807, 2.05) is 26.0 Å². The Balaban J connectivity index is 2.28. The van der Waals surface area contributed by atoms with E-state index < -0.39 is 0 Å². The minimum atomic E-state index is -0.346. The van der Waals surface area contributed by atoms with Crippen molar-refractivity contribution >= 4 is 11.5 Å². The number of aromatic nitrogens is 2. The fourth-order valence-corrected chi connectivity index (χ4v) is 2.64. The molecule has 3 rings (SSSR count). The van der Waals surface area contributed by atoms with Crippen LogP contribution in [0.5, 0.6) is 5.75 Å². The number of pyridine rings is 1. The van der Waals surface area contributed by atoms with E-state index in [1.54, 1.807) is 17.6 Å². The average molecular weight is 285 g/mol. The van der Waals surface area contributed by atoms with Crippen molar-refractivity contribution in [3.63, 3.8) is 0 Å². The highest BCUT2D eigenvalue weighted by atomic mass is 19.1. The molecule has 21 heavy (non-hydrogen) atoms. The van der Waals surface area contributed by atoms with Gasteiger partial charge in [0.25, 0.3) is 0 Å². The lowest BCUT2D eigenvalue weighted by atomic mass is 9.99. The summed E-state index contributed by atoms with van der Waals surface area (Å²) in [5, 5.41) is 0. The Hall–Kier alpha value is -2.56. The zero-order chi connectivity index (χ0) is 15.1. The maximum atomic E-state index is 13.4. The van der Waals surface area contributed by atoms with Crippen molar-refractivity contribution in [3.05, 3.63) is 47.4 Å². The standard InChI is InChI=1S/C16H16FN3O/c1-9-6-12(21-3)7-10(2)14(9)15-16(18)20-8-11(17)4-5-13(20)19-15/h4-8H,18H2,1-3H3. The van der Waals surface area contributed by atoms with Crippen LogP contribution >= 0.6 is 0 Å². The van der Waals surface area contributed by atoms with E-state index in [4.69, 9.17) is 10.5 Å². The summed E-state index contributed by atoms with van der Waals surface area (Å²) >= 11 is 0. The number of imidazole rings is 1. The molecule has 0 bridgehead atoms. The summed E-state index contributed by atoms with van der Waals surface area (Å²) in [5.74, 6) is 0.879. The number of nitrogen functional groups attached to an aromatic ring is 1. The minimum absolute atomic E-state index is 0.346. The predicted molar refractivity (Wildman–Crippen MR) is 81.0 cm³/mol. The van der Waals surface area contributed by atoms with Crippen molar-refractivity contribution in [2.45, 2.75) is 13.8 Å². The predicted octanol–water partition coefficient (Wildman–Crippen LogP) is 3.35. The molecule has 0 radical (unpaired) electrons. The van der Waals surface area contributed by atoms with Gasteiger partial charge in [-0.3, -0.25) is 4.40 Å². The van der Waals surface area contributed by atoms with Crippen LogP contribution in [0.3, 0.4) is 0 Å². The molecule has 0 aliphatic heterocycles. The quantitative estimate of drug-likeness (QED) is 0.785. The van der Waals surface area contributed by atoms with Crippen LogP contribution in [0.2, 0.25) is 0 Å². The van der Waals surface area contributed by atoms with Gasteiger partial charge in [-0.25, -0.2) is 9.37 Å². The molecule has 0 saturated heterocycles. The van der Waals surface area contributed by atoms with Crippen LogP contribution in [0.15, 0.2) is 30.5 Å². The third-order valence-corrected chi connectivity index (χ3v) is 3.60. The van der Waals surface area contributed by atoms with E-state index in [0.717, 1.165) is 22.4 Å². The average Bonchev–Trinajstić information content (AvgIpc) is 2.75. The highest BCUT2D eigenvalue weighted by Crippen LogP contribution is 2.34. The van der Waals surface area contributed by atoms with Gasteiger partial charge >= 0.3 is 0 Å². The smallest absolute Gasteiger partial charge is 0.140 e. The van der Waals surface area contributed by atoms with Crippen LogP contribution in [0.25, 0.3) is 16.9 Å². The molecule has 3 aromatic rings. The zero-order valence-corrected chi connectivity index (χ0v) is 12.1. The Bertz CT molecular complexity index is 816. The number of hydrogen-bond donors (Lipinski definition) is 1. The zero-order valence-electron chi connectivity index (χ0n) is 12.1. The first-order chi connectivity index (χ1) is 10.0. The second-order valence-corrected chi connectivity index (χ2v) is 5.06. The highest BCUT2D eigenvalue weighted by Gasteiger charge is 2.16. The van der Waals surface area contributed by atoms with Crippen LogP contribution in [0.1, 0.15) is 11.1 Å². The van der Waals surface area contributed by atoms with Crippen molar-refractivity contribution < 1.29 is 9.13 Å². The Morgan fingerprint density at radius 1 is 1.19 bits per heavy atom. The van der Waals surface area contributed by atoms with E-state index in [-0.39, 0.29) is 5.82 Å². The van der Waals surface area contributed by atoms with Gasteiger partial charge in [0.1, 0.15) is 28.7 Å². The number of halogens is 1. The van der Waals surface area contributed by atoms with Crippen LogP contribution in [-0.2, 0) is 0 Å². The van der Waals surface area contributed by atoms with Crippen LogP contribution < -0.4 is 10.5 Å². The van der Waals surface area contributed by atoms with Crippen molar-refractivity contribution in [1.29, 1.82) is 0 Å². The number of nitrogens with two attached hydrogens (primary N) is 1. The normalized spacial score (nSPS) is 11.0. The molecule has 2 N–H and O–H groups in total. The molecule has 0 unspecified atom stereocenters. The molecule has 0 spiro atoms. The summed E-state index contributed by atoms with van der Waals surface area (Å²) in [6.45, 7) is 3.96. The number of methoxy groups -OCH3 is 1. The summed E-state index contributed by atoms with van der Waals surface area (Å²) in [4.78, 5) is 4.53. The Labute approximate surface area is 122 Å². The van der Waals surface area contributed by atoms with Gasteiger partial charge in [-0.1, -0.05) is 0 Å². The Kier molecular flexibility index (Phi) is 3.05. The summed E-state index contributed by atoms with van der Waals surface area (Å²) in [6, 6.07) is 6.86. The summed E-state index contributed by atoms with van der Waals surface area (Å²) in [7, 11) is 1.63. The first-order valence-corrected chi connectivity index (χ1v) is 6.60. The van der Waals surface area contributed by atoms with Crippen LogP contribution in [0.4, 0.5) is 10.2 Å². The molecule has 0 aliphatic carbocycles. The molecule has 4 nitrogen and oxygen atoms in total. The van der Waals surface area contributed by atoms with Gasteiger partial charge < -0.3 is 10.5 Å². The highest BCUT2D eigenvalue weighted by molar-refractivity contribution is 5.79. The molecule has 5 heteroatoms. The number of rotatable bonds is 2. The topological polar surface area (TPSA) is 52.5 Å². The van der Waals surface area contributed by atoms with Crippen molar-refractivity contribution in [3.8, 4) is 17.0 Å². The number of benzene rings is 1. The van der Waals surface area contributed by atoms with Crippen LogP contribution in [0, 0.1) is 19.7 Å². The molecular weight excluding hydrogens is 269 g/mol. The number of nitrogens with zero attached hydrogens (tertiary/aromatic N) is 2. The SMILES string of the molecule is COc1cc(C)c(-c2nc3ccc(F)cn3c2N)c(C)c1. The lowest BCUT2D eigenvalue weighted by Crippen LogP contribution is -1.97. The fourth-order valence-electron chi connectivity index (χ4n) is 2.64. The van der Waals surface area contributed by atoms with Gasteiger partial charge in [-0.2, -0.15) is 0 Å². The van der Waals surface area contributed by atoms with E-state index in [9.17, 15) is 4.39 Å². The number of ether oxygens (including phenoxy) is 1. The molecule has 0 saturated carbocycles. The largest absolute Gasteiger partial charge is 0.497 e. The molecule has 2 heterocycles. The number of anilines is 1. The number of fused-ring (bicyclic) bond motifs is 1. The molecule has 0 aliphatic rings. The minimum Gasteiger partial charge on any atom is -0.497 e. The molecule has 2 aromatic heterocycles. The molecule has 1 aromatic carbocycles. The maximum absolute atomic E-state index is 13.4. The Morgan fingerprint density at radius 3 is 2.48 bits per heavy atom. The van der Waals surface area contributed by atoms with Crippen molar-refractivity contribution in [1.82, 2.24) is 9.38 Å². The molecule has 108 valence electrons. The van der Waals surface area contributed by atoms with Gasteiger partial charge in [0, 0.05) is 11.8 Å². The second-order valence-electron chi connectivity index (χ2n) is 5.06. The van der Waals surface area contributed by atoms with E-state index in [2.05, 4.69) is 4.98 Å². The Morgan fingerprint density at radius 2 is 1.86 bits per heavy atom. The van der Waals surface area contributed by atoms with Gasteiger partial charge in [0.05, 0.1) is 7.11 Å². The monoisotopic (exact) mass is 285 g/mol. The van der Waals surface area contributed by atoms with Gasteiger partial charge in [-0.15, -0.1) is 0 Å². The number of aryl methyl sites for hydroxylation is 2. The third-order valence-electron chi connectivity index (χ3n) is 3.60. The molecule has 0 atom stereocenters. The summed E-state index contributed by atoms with van der Waals surface area (Å²) in [6.07, 6.45) is 1.34. The van der Waals surface area contributed by atoms with Crippen molar-refractivity contribution in [2.24, 2.45) is 0 Å². The van der Waals surface area contributed by atoms with E-state index in [1.165, 1.54) is 12.3 Å². The van der Waals surface area contributed by atoms with Crippen LogP contribution in [-0.4, -0.2) is 16.5 Å².